The van der Waals surface area contributed by atoms with Crippen LogP contribution in [0.4, 0.5) is 4.79 Å². The Balaban J connectivity index is 1.96. The van der Waals surface area contributed by atoms with Gasteiger partial charge in [0, 0.05) is 26.2 Å². The number of rotatable bonds is 6. The lowest BCUT2D eigenvalue weighted by Gasteiger charge is -2.14. The molecule has 0 atom stereocenters. The van der Waals surface area contributed by atoms with Crippen LogP contribution in [-0.2, 0) is 4.84 Å². The standard InChI is InChI=1S/C9H19N3O2/c1-8(2)7-14-11-4-6-12-5-3-10-9(12)13/h8,11H,3-7H2,1-2H3,(H,10,13). The van der Waals surface area contributed by atoms with Crippen molar-refractivity contribution in [2.45, 2.75) is 13.8 Å². The van der Waals surface area contributed by atoms with Crippen LogP contribution in [0.15, 0.2) is 0 Å². The Hall–Kier alpha value is -0.810. The molecule has 0 radical (unpaired) electrons. The highest BCUT2D eigenvalue weighted by Crippen LogP contribution is 1.94. The molecule has 1 saturated heterocycles. The van der Waals surface area contributed by atoms with E-state index in [1.54, 1.807) is 4.90 Å². The second-order valence-corrected chi connectivity index (χ2v) is 3.82. The van der Waals surface area contributed by atoms with Gasteiger partial charge in [-0.2, -0.15) is 0 Å². The van der Waals surface area contributed by atoms with Gasteiger partial charge in [0.25, 0.3) is 0 Å². The normalized spacial score (nSPS) is 16.5. The molecule has 82 valence electrons. The molecular weight excluding hydrogens is 182 g/mol. The first-order valence-electron chi connectivity index (χ1n) is 5.07. The van der Waals surface area contributed by atoms with Crippen LogP contribution >= 0.6 is 0 Å². The lowest BCUT2D eigenvalue weighted by molar-refractivity contribution is 0.0216. The number of carbonyl (C=O) groups excluding carboxylic acids is 1. The molecule has 5 nitrogen and oxygen atoms in total. The topological polar surface area (TPSA) is 53.6 Å². The van der Waals surface area contributed by atoms with Crippen LogP contribution in [0.3, 0.4) is 0 Å². The average molecular weight is 201 g/mol. The fourth-order valence-corrected chi connectivity index (χ4v) is 1.20. The first-order chi connectivity index (χ1) is 6.70. The van der Waals surface area contributed by atoms with E-state index in [1.165, 1.54) is 0 Å². The van der Waals surface area contributed by atoms with Crippen molar-refractivity contribution in [3.8, 4) is 0 Å². The number of hydrogen-bond acceptors (Lipinski definition) is 3. The zero-order chi connectivity index (χ0) is 10.4. The van der Waals surface area contributed by atoms with Crippen molar-refractivity contribution in [2.75, 3.05) is 32.8 Å². The van der Waals surface area contributed by atoms with Crippen molar-refractivity contribution in [2.24, 2.45) is 5.92 Å². The minimum absolute atomic E-state index is 0.0238. The molecule has 5 heteroatoms. The second kappa shape index (κ2) is 5.82. The number of amides is 2. The number of nitrogens with zero attached hydrogens (tertiary/aromatic N) is 1. The smallest absolute Gasteiger partial charge is 0.317 e. The molecule has 2 amide bonds. The lowest BCUT2D eigenvalue weighted by atomic mass is 10.2. The summed E-state index contributed by atoms with van der Waals surface area (Å²) in [6, 6.07) is 0.0238. The van der Waals surface area contributed by atoms with Gasteiger partial charge in [0.2, 0.25) is 0 Å². The van der Waals surface area contributed by atoms with Crippen LogP contribution < -0.4 is 10.8 Å². The summed E-state index contributed by atoms with van der Waals surface area (Å²) in [5, 5.41) is 2.75. The molecule has 0 saturated carbocycles. The Morgan fingerprint density at radius 1 is 1.64 bits per heavy atom. The SMILES string of the molecule is CC(C)CONCCN1CCNC1=O. The Bertz CT molecular complexity index is 185. The first kappa shape index (κ1) is 11.3. The maximum atomic E-state index is 11.1. The van der Waals surface area contributed by atoms with Crippen molar-refractivity contribution in [1.29, 1.82) is 0 Å². The van der Waals surface area contributed by atoms with Crippen LogP contribution in [0, 0.1) is 5.92 Å². The third-order valence-corrected chi connectivity index (χ3v) is 1.95. The maximum absolute atomic E-state index is 11.1. The van der Waals surface area contributed by atoms with Gasteiger partial charge < -0.3 is 15.1 Å². The van der Waals surface area contributed by atoms with Crippen LogP contribution in [0.25, 0.3) is 0 Å². The Kier molecular flexibility index (Phi) is 4.69. The summed E-state index contributed by atoms with van der Waals surface area (Å²) in [6.45, 7) is 7.82. The Morgan fingerprint density at radius 2 is 2.43 bits per heavy atom. The Labute approximate surface area is 84.7 Å². The molecule has 1 heterocycles. The van der Waals surface area contributed by atoms with Crippen molar-refractivity contribution < 1.29 is 9.63 Å². The van der Waals surface area contributed by atoms with Crippen molar-refractivity contribution in [3.63, 3.8) is 0 Å². The molecule has 0 aromatic carbocycles. The molecule has 1 aliphatic heterocycles. The van der Waals surface area contributed by atoms with Crippen molar-refractivity contribution in [1.82, 2.24) is 15.7 Å². The van der Waals surface area contributed by atoms with E-state index in [4.69, 9.17) is 4.84 Å². The summed E-state index contributed by atoms with van der Waals surface area (Å²) >= 11 is 0. The fraction of sp³-hybridized carbons (Fsp3) is 0.889. The summed E-state index contributed by atoms with van der Waals surface area (Å²) in [7, 11) is 0. The highest BCUT2D eigenvalue weighted by atomic mass is 16.6. The molecule has 0 spiro atoms. The lowest BCUT2D eigenvalue weighted by Crippen LogP contribution is -2.35. The minimum atomic E-state index is 0.0238. The van der Waals surface area contributed by atoms with Gasteiger partial charge in [0.1, 0.15) is 0 Å². The van der Waals surface area contributed by atoms with Gasteiger partial charge in [-0.1, -0.05) is 13.8 Å². The number of hydrogen-bond donors (Lipinski definition) is 2. The number of carbonyl (C=O) groups is 1. The monoisotopic (exact) mass is 201 g/mol. The first-order valence-corrected chi connectivity index (χ1v) is 5.07. The molecule has 0 aromatic heterocycles. The van der Waals surface area contributed by atoms with E-state index in [9.17, 15) is 4.79 Å². The van der Waals surface area contributed by atoms with Gasteiger partial charge in [-0.25, -0.2) is 10.3 Å². The molecule has 1 aliphatic rings. The van der Waals surface area contributed by atoms with Crippen molar-refractivity contribution in [3.05, 3.63) is 0 Å². The summed E-state index contributed by atoms with van der Waals surface area (Å²) in [4.78, 5) is 18.0. The molecule has 2 N–H and O–H groups in total. The van der Waals surface area contributed by atoms with Gasteiger partial charge in [0.15, 0.2) is 0 Å². The van der Waals surface area contributed by atoms with Gasteiger partial charge in [-0.15, -0.1) is 0 Å². The molecular formula is C9H19N3O2. The van der Waals surface area contributed by atoms with Crippen LogP contribution in [0.5, 0.6) is 0 Å². The zero-order valence-corrected chi connectivity index (χ0v) is 8.88. The van der Waals surface area contributed by atoms with E-state index in [0.717, 1.165) is 13.1 Å². The number of hydroxylamine groups is 1. The van der Waals surface area contributed by atoms with Gasteiger partial charge in [0.05, 0.1) is 6.61 Å². The average Bonchev–Trinajstić information content (AvgIpc) is 2.51. The van der Waals surface area contributed by atoms with Crippen LogP contribution in [0.1, 0.15) is 13.8 Å². The second-order valence-electron chi connectivity index (χ2n) is 3.82. The predicted octanol–water partition coefficient (Wildman–Crippen LogP) is 0.189. The van der Waals surface area contributed by atoms with Gasteiger partial charge in [-0.05, 0) is 5.92 Å². The molecule has 0 unspecified atom stereocenters. The van der Waals surface area contributed by atoms with Crippen LogP contribution in [-0.4, -0.2) is 43.7 Å². The van der Waals surface area contributed by atoms with Crippen molar-refractivity contribution >= 4 is 6.03 Å². The molecule has 14 heavy (non-hydrogen) atoms. The summed E-state index contributed by atoms with van der Waals surface area (Å²) < 4.78 is 0. The van der Waals surface area contributed by atoms with E-state index >= 15 is 0 Å². The van der Waals surface area contributed by atoms with E-state index in [0.29, 0.717) is 25.6 Å². The Morgan fingerprint density at radius 3 is 3.00 bits per heavy atom. The molecule has 0 aromatic rings. The van der Waals surface area contributed by atoms with Gasteiger partial charge in [-0.3, -0.25) is 0 Å². The molecule has 1 fully saturated rings. The highest BCUT2D eigenvalue weighted by Gasteiger charge is 2.17. The van der Waals surface area contributed by atoms with E-state index in [1.807, 2.05) is 0 Å². The quantitative estimate of drug-likeness (QED) is 0.476. The predicted molar refractivity (Wildman–Crippen MR) is 53.8 cm³/mol. The zero-order valence-electron chi connectivity index (χ0n) is 8.88. The van der Waals surface area contributed by atoms with Gasteiger partial charge >= 0.3 is 6.03 Å². The van der Waals surface area contributed by atoms with Crippen LogP contribution in [0.2, 0.25) is 0 Å². The van der Waals surface area contributed by atoms with E-state index in [2.05, 4.69) is 24.6 Å². The third kappa shape index (κ3) is 3.93. The fourth-order valence-electron chi connectivity index (χ4n) is 1.20. The number of nitrogens with one attached hydrogen (secondary N) is 2. The number of urea groups is 1. The third-order valence-electron chi connectivity index (χ3n) is 1.95. The highest BCUT2D eigenvalue weighted by molar-refractivity contribution is 5.76. The maximum Gasteiger partial charge on any atom is 0.317 e. The summed E-state index contributed by atoms with van der Waals surface area (Å²) in [5.74, 6) is 0.526. The molecule has 0 aliphatic carbocycles. The largest absolute Gasteiger partial charge is 0.336 e. The summed E-state index contributed by atoms with van der Waals surface area (Å²) in [6.07, 6.45) is 0. The molecule has 1 rings (SSSR count). The summed E-state index contributed by atoms with van der Waals surface area (Å²) in [5.41, 5.74) is 2.84. The minimum Gasteiger partial charge on any atom is -0.336 e. The van der Waals surface area contributed by atoms with E-state index < -0.39 is 0 Å². The van der Waals surface area contributed by atoms with E-state index in [-0.39, 0.29) is 6.03 Å². The molecule has 0 bridgehead atoms.